The molecular formula is C68H106N4O6. The Bertz CT molecular complexity index is 2170. The summed E-state index contributed by atoms with van der Waals surface area (Å²) in [6.07, 6.45) is 31.1. The van der Waals surface area contributed by atoms with Gasteiger partial charge >= 0.3 is 12.2 Å². The molecule has 10 heteroatoms. The van der Waals surface area contributed by atoms with Gasteiger partial charge in [0.1, 0.15) is 12.2 Å². The summed E-state index contributed by atoms with van der Waals surface area (Å²) in [7, 11) is 0. The first-order chi connectivity index (χ1) is 37.2. The molecule has 4 N–H and O–H groups in total. The number of alkyl carbamates (subject to hydrolysis) is 2. The predicted molar refractivity (Wildman–Crippen MR) is 314 cm³/mol. The summed E-state index contributed by atoms with van der Waals surface area (Å²) in [5.74, 6) is 9.02. The van der Waals surface area contributed by atoms with Crippen LogP contribution in [0.25, 0.3) is 0 Å². The van der Waals surface area contributed by atoms with Crippen LogP contribution in [0.4, 0.5) is 9.59 Å². The molecule has 8 aliphatic rings. The van der Waals surface area contributed by atoms with Gasteiger partial charge in [0.25, 0.3) is 11.8 Å². The third kappa shape index (κ3) is 12.3. The number of fused-ring (bicyclic) bond motifs is 10. The number of carbonyl (C=O) groups excluding carboxylic acids is 4. The highest BCUT2D eigenvalue weighted by molar-refractivity contribution is 5.97. The summed E-state index contributed by atoms with van der Waals surface area (Å²) in [4.78, 5) is 51.9. The third-order valence-electron chi connectivity index (χ3n) is 23.8. The molecule has 0 spiro atoms. The second-order valence-electron chi connectivity index (χ2n) is 29.1. The topological polar surface area (TPSA) is 135 Å². The summed E-state index contributed by atoms with van der Waals surface area (Å²) >= 11 is 0. The molecule has 0 saturated heterocycles. The second kappa shape index (κ2) is 24.7. The summed E-state index contributed by atoms with van der Waals surface area (Å²) in [6.45, 7) is 25.9. The van der Waals surface area contributed by atoms with E-state index in [1.807, 2.05) is 0 Å². The number of allylic oxidation sites excluding steroid dienone is 2. The third-order valence-corrected chi connectivity index (χ3v) is 23.8. The molecule has 78 heavy (non-hydrogen) atoms. The molecule has 0 heterocycles. The van der Waals surface area contributed by atoms with E-state index in [2.05, 4.69) is 103 Å². The zero-order chi connectivity index (χ0) is 55.6. The van der Waals surface area contributed by atoms with E-state index in [1.165, 1.54) is 114 Å². The van der Waals surface area contributed by atoms with Crippen LogP contribution in [-0.2, 0) is 9.47 Å². The van der Waals surface area contributed by atoms with Crippen molar-refractivity contribution in [3.63, 3.8) is 0 Å². The van der Waals surface area contributed by atoms with Crippen LogP contribution in [0.3, 0.4) is 0 Å². The highest BCUT2D eigenvalue weighted by atomic mass is 16.6. The minimum absolute atomic E-state index is 0.130. The molecular weight excluding hydrogens is 969 g/mol. The number of amides is 4. The highest BCUT2D eigenvalue weighted by Gasteiger charge is 2.61. The average molecular weight is 1080 g/mol. The van der Waals surface area contributed by atoms with Crippen molar-refractivity contribution in [2.24, 2.45) is 92.7 Å². The van der Waals surface area contributed by atoms with Crippen molar-refractivity contribution in [2.75, 3.05) is 26.2 Å². The van der Waals surface area contributed by atoms with Crippen molar-refractivity contribution in [1.82, 2.24) is 21.3 Å². The van der Waals surface area contributed by atoms with Crippen molar-refractivity contribution in [2.45, 2.75) is 223 Å². The van der Waals surface area contributed by atoms with Gasteiger partial charge < -0.3 is 30.7 Å². The Labute approximate surface area is 472 Å². The van der Waals surface area contributed by atoms with Gasteiger partial charge in [-0.2, -0.15) is 0 Å². The van der Waals surface area contributed by atoms with Crippen LogP contribution in [0, 0.1) is 92.7 Å². The van der Waals surface area contributed by atoms with Crippen molar-refractivity contribution in [3.8, 4) is 0 Å². The van der Waals surface area contributed by atoms with E-state index in [0.29, 0.717) is 22.0 Å². The second-order valence-corrected chi connectivity index (χ2v) is 29.1. The van der Waals surface area contributed by atoms with Gasteiger partial charge in [0.2, 0.25) is 0 Å². The Morgan fingerprint density at radius 1 is 0.487 bits per heavy atom. The molecule has 9 rings (SSSR count). The Morgan fingerprint density at radius 3 is 1.26 bits per heavy atom. The van der Waals surface area contributed by atoms with Crippen LogP contribution in [0.1, 0.15) is 231 Å². The molecule has 6 fully saturated rings. The maximum Gasteiger partial charge on any atom is 0.407 e. The molecule has 10 nitrogen and oxygen atoms in total. The number of carbonyl (C=O) groups is 4. The largest absolute Gasteiger partial charge is 0.446 e. The average Bonchev–Trinajstić information content (AvgIpc) is 3.99. The Kier molecular flexibility index (Phi) is 18.6. The Balaban J connectivity index is 0.639. The fraction of sp³-hybridized carbons (Fsp3) is 0.794. The van der Waals surface area contributed by atoms with E-state index < -0.39 is 12.2 Å². The molecule has 8 aliphatic carbocycles. The van der Waals surface area contributed by atoms with E-state index in [0.717, 1.165) is 110 Å². The first kappa shape index (κ1) is 58.8. The van der Waals surface area contributed by atoms with E-state index in [4.69, 9.17) is 9.47 Å². The lowest BCUT2D eigenvalue weighted by Crippen LogP contribution is -2.51. The zero-order valence-electron chi connectivity index (χ0n) is 50.4. The molecule has 4 amide bonds. The number of nitrogens with one attached hydrogen (secondary N) is 4. The van der Waals surface area contributed by atoms with Crippen molar-refractivity contribution in [1.29, 1.82) is 0 Å². The van der Waals surface area contributed by atoms with E-state index in [1.54, 1.807) is 24.3 Å². The smallest absolute Gasteiger partial charge is 0.407 e. The first-order valence-corrected chi connectivity index (χ1v) is 32.2. The molecule has 6 saturated carbocycles. The van der Waals surface area contributed by atoms with Gasteiger partial charge in [-0.05, 0) is 207 Å². The fourth-order valence-electron chi connectivity index (χ4n) is 19.5. The Morgan fingerprint density at radius 2 is 0.872 bits per heavy atom. The molecule has 0 bridgehead atoms. The summed E-state index contributed by atoms with van der Waals surface area (Å²) < 4.78 is 12.0. The van der Waals surface area contributed by atoms with Gasteiger partial charge in [-0.25, -0.2) is 9.59 Å². The number of rotatable bonds is 20. The molecule has 16 atom stereocenters. The van der Waals surface area contributed by atoms with Gasteiger partial charge in [-0.3, -0.25) is 9.59 Å². The van der Waals surface area contributed by atoms with Crippen LogP contribution in [0.15, 0.2) is 47.6 Å². The quantitative estimate of drug-likeness (QED) is 0.0759. The maximum absolute atomic E-state index is 13.0. The lowest BCUT2D eigenvalue weighted by Gasteiger charge is -2.58. The molecule has 0 aromatic heterocycles. The normalized spacial score (nSPS) is 36.5. The lowest BCUT2D eigenvalue weighted by molar-refractivity contribution is -0.0581. The summed E-state index contributed by atoms with van der Waals surface area (Å²) in [6, 6.07) is 6.49. The van der Waals surface area contributed by atoms with E-state index >= 15 is 0 Å². The van der Waals surface area contributed by atoms with Gasteiger partial charge in [0, 0.05) is 50.1 Å². The maximum atomic E-state index is 13.0. The summed E-state index contributed by atoms with van der Waals surface area (Å²) in [5, 5.41) is 11.4. The van der Waals surface area contributed by atoms with Crippen LogP contribution >= 0.6 is 0 Å². The summed E-state index contributed by atoms with van der Waals surface area (Å²) in [5.41, 5.74) is 5.20. The molecule has 0 radical (unpaired) electrons. The SMILES string of the molecule is CC(C)CCC[C@@H](C)[C@H]1CC[C@H]2[C@@H]3CC=C4C[C@@H](OC(=O)NCCNC(=O)c5ccc(C(=O)NCCNC(=O)O[C@H]6CC[C@@]7(C)C(=CC[C@H]8[C@@H]9CC[C@H]([C@H](C)CCCC(C)C)[C@@]9(C)CC[C@@H]87)C6)cc5)CC[C@]4(C)[C@H]3CC[C@]12C. The number of hydrogen-bond donors (Lipinski definition) is 4. The highest BCUT2D eigenvalue weighted by Crippen LogP contribution is 2.69. The standard InChI is InChI=1S/C68H106N4O6/c1-43(2)13-11-15-45(5)55-25-27-57-53-23-21-49-41-51(29-33-65(49,7)59(53)31-35-67(55,57)9)77-63(75)71-39-37-69-61(73)47-17-19-48(20-18-47)62(74)70-38-40-72-64(76)78-52-30-34-66(8)50(42-52)22-24-54-58-28-26-56(46(6)16-12-14-44(3)4)68(58,10)36-32-60(54)66/h17-22,43-46,51-60H,11-16,23-42H2,1-10H3,(H,69,73)(H,70,74)(H,71,75)(H,72,76)/t45-,46-,51+,52+,53+,54+,55-,56-,57+,58+,59+,60+,65+,66+,67-,68-/m1/s1. The molecule has 1 aromatic rings. The molecule has 1 aromatic carbocycles. The minimum atomic E-state index is -0.435. The van der Waals surface area contributed by atoms with Crippen LogP contribution in [0.2, 0.25) is 0 Å². The van der Waals surface area contributed by atoms with Crippen LogP contribution in [-0.4, -0.2) is 62.4 Å². The number of ether oxygens (including phenoxy) is 2. The molecule has 0 unspecified atom stereocenters. The van der Waals surface area contributed by atoms with E-state index in [-0.39, 0.29) is 61.0 Å². The van der Waals surface area contributed by atoms with Crippen LogP contribution < -0.4 is 21.3 Å². The fourth-order valence-corrected chi connectivity index (χ4v) is 19.5. The van der Waals surface area contributed by atoms with Gasteiger partial charge in [-0.15, -0.1) is 0 Å². The van der Waals surface area contributed by atoms with E-state index in [9.17, 15) is 19.2 Å². The van der Waals surface area contributed by atoms with Crippen molar-refractivity contribution < 1.29 is 28.7 Å². The van der Waals surface area contributed by atoms with Crippen LogP contribution in [0.5, 0.6) is 0 Å². The van der Waals surface area contributed by atoms with Crippen molar-refractivity contribution in [3.05, 3.63) is 58.7 Å². The van der Waals surface area contributed by atoms with Crippen molar-refractivity contribution >= 4 is 24.0 Å². The number of benzene rings is 1. The van der Waals surface area contributed by atoms with Gasteiger partial charge in [0.15, 0.2) is 0 Å². The molecule has 434 valence electrons. The Hall–Kier alpha value is -3.82. The number of hydrogen-bond acceptors (Lipinski definition) is 6. The predicted octanol–water partition coefficient (Wildman–Crippen LogP) is 15.4. The van der Waals surface area contributed by atoms with Gasteiger partial charge in [0.05, 0.1) is 0 Å². The van der Waals surface area contributed by atoms with Gasteiger partial charge in [-0.1, -0.05) is 131 Å². The minimum Gasteiger partial charge on any atom is -0.446 e. The zero-order valence-corrected chi connectivity index (χ0v) is 50.4. The molecule has 0 aliphatic heterocycles. The first-order valence-electron chi connectivity index (χ1n) is 32.2. The lowest BCUT2D eigenvalue weighted by atomic mass is 9.47. The monoisotopic (exact) mass is 1070 g/mol.